The van der Waals surface area contributed by atoms with Gasteiger partial charge in [-0.1, -0.05) is 12.2 Å². The number of hydrogen-bond donors (Lipinski definition) is 0. The summed E-state index contributed by atoms with van der Waals surface area (Å²) >= 11 is 1.69. The summed E-state index contributed by atoms with van der Waals surface area (Å²) < 4.78 is 11.1. The first-order valence-electron chi connectivity index (χ1n) is 5.78. The maximum atomic E-state index is 5.58. The second kappa shape index (κ2) is 6.42. The van der Waals surface area contributed by atoms with Crippen LogP contribution in [0.1, 0.15) is 11.3 Å². The lowest BCUT2D eigenvalue weighted by molar-refractivity contribution is 0.132. The molecule has 0 radical (unpaired) electrons. The average molecular weight is 263 g/mol. The zero-order chi connectivity index (χ0) is 12.8. The van der Waals surface area contributed by atoms with Crippen LogP contribution < -0.4 is 4.90 Å². The Morgan fingerprint density at radius 3 is 2.89 bits per heavy atom. The molecule has 0 saturated carbocycles. The predicted molar refractivity (Wildman–Crippen MR) is 76.0 cm³/mol. The molecule has 0 spiro atoms. The monoisotopic (exact) mass is 263 g/mol. The third-order valence-electron chi connectivity index (χ3n) is 2.40. The number of rotatable bonds is 6. The van der Waals surface area contributed by atoms with Gasteiger partial charge >= 0.3 is 0 Å². The highest BCUT2D eigenvalue weighted by molar-refractivity contribution is 7.08. The number of hydrogen-bond acceptors (Lipinski definition) is 4. The van der Waals surface area contributed by atoms with Gasteiger partial charge in [0.2, 0.25) is 0 Å². The highest BCUT2D eigenvalue weighted by Gasteiger charge is 2.02. The topological polar surface area (TPSA) is 25.6 Å². The second-order valence-electron chi connectivity index (χ2n) is 4.11. The Morgan fingerprint density at radius 1 is 1.33 bits per heavy atom. The lowest BCUT2D eigenvalue weighted by atomic mass is 10.3. The van der Waals surface area contributed by atoms with E-state index in [1.165, 1.54) is 5.56 Å². The van der Waals surface area contributed by atoms with E-state index in [1.54, 1.807) is 11.3 Å². The summed E-state index contributed by atoms with van der Waals surface area (Å²) in [7, 11) is 3.90. The molecule has 0 bridgehead atoms. The minimum absolute atomic E-state index is 0.502. The van der Waals surface area contributed by atoms with Gasteiger partial charge in [-0.15, -0.1) is 0 Å². The first-order valence-corrected chi connectivity index (χ1v) is 6.72. The summed E-state index contributed by atoms with van der Waals surface area (Å²) in [6.07, 6.45) is 4.07. The Balaban J connectivity index is 1.71. The van der Waals surface area contributed by atoms with Crippen LogP contribution in [0.4, 0.5) is 5.88 Å². The lowest BCUT2D eigenvalue weighted by Gasteiger charge is -2.06. The van der Waals surface area contributed by atoms with Crippen molar-refractivity contribution in [2.75, 3.05) is 25.6 Å². The Labute approximate surface area is 111 Å². The number of thiophene rings is 1. The molecular formula is C14H17NO2S. The van der Waals surface area contributed by atoms with Crippen molar-refractivity contribution in [1.29, 1.82) is 0 Å². The standard InChI is InChI=1S/C14H17NO2S/c1-15(2)14-6-5-13(17-14)10-16-8-3-4-12-7-9-18-11-12/h3-7,9,11H,8,10H2,1-2H3/b4-3+. The number of ether oxygens (including phenoxy) is 1. The zero-order valence-corrected chi connectivity index (χ0v) is 11.4. The quantitative estimate of drug-likeness (QED) is 0.744. The molecule has 0 N–H and O–H groups in total. The Kier molecular flexibility index (Phi) is 4.61. The van der Waals surface area contributed by atoms with Crippen LogP contribution >= 0.6 is 11.3 Å². The molecule has 0 atom stereocenters. The van der Waals surface area contributed by atoms with Crippen LogP contribution in [0, 0.1) is 0 Å². The molecule has 0 unspecified atom stereocenters. The van der Waals surface area contributed by atoms with Crippen molar-refractivity contribution in [1.82, 2.24) is 0 Å². The molecule has 3 nitrogen and oxygen atoms in total. The van der Waals surface area contributed by atoms with E-state index in [2.05, 4.69) is 22.9 Å². The van der Waals surface area contributed by atoms with Gasteiger partial charge in [-0.2, -0.15) is 11.3 Å². The predicted octanol–water partition coefficient (Wildman–Crippen LogP) is 3.64. The van der Waals surface area contributed by atoms with Gasteiger partial charge in [0.1, 0.15) is 12.4 Å². The van der Waals surface area contributed by atoms with Crippen molar-refractivity contribution >= 4 is 23.3 Å². The van der Waals surface area contributed by atoms with Crippen molar-refractivity contribution in [3.05, 3.63) is 46.4 Å². The van der Waals surface area contributed by atoms with Crippen molar-refractivity contribution in [2.24, 2.45) is 0 Å². The molecule has 2 aromatic rings. The van der Waals surface area contributed by atoms with Crippen LogP contribution in [-0.4, -0.2) is 20.7 Å². The van der Waals surface area contributed by atoms with Crippen molar-refractivity contribution < 1.29 is 9.15 Å². The van der Waals surface area contributed by atoms with Crippen molar-refractivity contribution in [2.45, 2.75) is 6.61 Å². The molecule has 0 aromatic carbocycles. The largest absolute Gasteiger partial charge is 0.443 e. The number of nitrogens with zero attached hydrogens (tertiary/aromatic N) is 1. The molecule has 0 saturated heterocycles. The molecule has 2 heterocycles. The first kappa shape index (κ1) is 12.9. The molecule has 0 aliphatic rings. The van der Waals surface area contributed by atoms with E-state index in [9.17, 15) is 0 Å². The van der Waals surface area contributed by atoms with E-state index in [1.807, 2.05) is 37.2 Å². The Bertz CT molecular complexity index is 486. The van der Waals surface area contributed by atoms with Crippen LogP contribution in [0.5, 0.6) is 0 Å². The van der Waals surface area contributed by atoms with Gasteiger partial charge in [0, 0.05) is 20.2 Å². The molecule has 2 aromatic heterocycles. The molecule has 96 valence electrons. The first-order chi connectivity index (χ1) is 8.75. The summed E-state index contributed by atoms with van der Waals surface area (Å²) in [5.41, 5.74) is 1.22. The SMILES string of the molecule is CN(C)c1ccc(COC/C=C/c2ccsc2)o1. The van der Waals surface area contributed by atoms with Gasteiger partial charge in [-0.05, 0) is 28.5 Å². The molecular weight excluding hydrogens is 246 g/mol. The number of furan rings is 1. The minimum atomic E-state index is 0.502. The lowest BCUT2D eigenvalue weighted by Crippen LogP contribution is -2.06. The molecule has 18 heavy (non-hydrogen) atoms. The average Bonchev–Trinajstić information content (AvgIpc) is 2.98. The summed E-state index contributed by atoms with van der Waals surface area (Å²) in [6.45, 7) is 1.09. The molecule has 0 amide bonds. The van der Waals surface area contributed by atoms with Crippen LogP contribution in [0.15, 0.2) is 39.5 Å². The molecule has 0 fully saturated rings. The Hall–Kier alpha value is -1.52. The highest BCUT2D eigenvalue weighted by atomic mass is 32.1. The zero-order valence-electron chi connectivity index (χ0n) is 10.6. The fourth-order valence-electron chi connectivity index (χ4n) is 1.47. The molecule has 2 rings (SSSR count). The van der Waals surface area contributed by atoms with E-state index in [0.29, 0.717) is 13.2 Å². The fourth-order valence-corrected chi connectivity index (χ4v) is 2.09. The van der Waals surface area contributed by atoms with E-state index in [-0.39, 0.29) is 0 Å². The third-order valence-corrected chi connectivity index (χ3v) is 3.10. The van der Waals surface area contributed by atoms with Gasteiger partial charge in [0.05, 0.1) is 6.61 Å². The molecule has 0 aliphatic carbocycles. The van der Waals surface area contributed by atoms with Gasteiger partial charge in [0.15, 0.2) is 5.88 Å². The van der Waals surface area contributed by atoms with E-state index in [4.69, 9.17) is 9.15 Å². The second-order valence-corrected chi connectivity index (χ2v) is 4.89. The molecule has 0 aliphatic heterocycles. The van der Waals surface area contributed by atoms with Gasteiger partial charge in [-0.3, -0.25) is 0 Å². The van der Waals surface area contributed by atoms with Gasteiger partial charge in [-0.25, -0.2) is 0 Å². The molecule has 4 heteroatoms. The van der Waals surface area contributed by atoms with Crippen molar-refractivity contribution in [3.8, 4) is 0 Å². The minimum Gasteiger partial charge on any atom is -0.443 e. The highest BCUT2D eigenvalue weighted by Crippen LogP contribution is 2.16. The van der Waals surface area contributed by atoms with Crippen LogP contribution in [0.25, 0.3) is 6.08 Å². The smallest absolute Gasteiger partial charge is 0.195 e. The maximum Gasteiger partial charge on any atom is 0.195 e. The van der Waals surface area contributed by atoms with Crippen LogP contribution in [0.3, 0.4) is 0 Å². The summed E-state index contributed by atoms with van der Waals surface area (Å²) in [4.78, 5) is 1.93. The summed E-state index contributed by atoms with van der Waals surface area (Å²) in [6, 6.07) is 5.97. The summed E-state index contributed by atoms with van der Waals surface area (Å²) in [5.74, 6) is 1.70. The Morgan fingerprint density at radius 2 is 2.22 bits per heavy atom. The van der Waals surface area contributed by atoms with Crippen LogP contribution in [-0.2, 0) is 11.3 Å². The summed E-state index contributed by atoms with van der Waals surface area (Å²) in [5, 5.41) is 4.17. The van der Waals surface area contributed by atoms with E-state index >= 15 is 0 Å². The normalized spacial score (nSPS) is 11.2. The van der Waals surface area contributed by atoms with Crippen LogP contribution in [0.2, 0.25) is 0 Å². The third kappa shape index (κ3) is 3.75. The van der Waals surface area contributed by atoms with Gasteiger partial charge < -0.3 is 14.1 Å². The van der Waals surface area contributed by atoms with E-state index < -0.39 is 0 Å². The van der Waals surface area contributed by atoms with E-state index in [0.717, 1.165) is 11.6 Å². The fraction of sp³-hybridized carbons (Fsp3) is 0.286. The number of anilines is 1. The van der Waals surface area contributed by atoms with Gasteiger partial charge in [0.25, 0.3) is 0 Å². The van der Waals surface area contributed by atoms with Crippen molar-refractivity contribution in [3.63, 3.8) is 0 Å². The maximum absolute atomic E-state index is 5.58.